The van der Waals surface area contributed by atoms with Crippen molar-refractivity contribution in [2.45, 2.75) is 37.2 Å². The van der Waals surface area contributed by atoms with E-state index in [1.807, 2.05) is 41.8 Å². The van der Waals surface area contributed by atoms with Crippen LogP contribution in [-0.4, -0.2) is 32.6 Å². The van der Waals surface area contributed by atoms with Gasteiger partial charge in [0.05, 0.1) is 17.0 Å². The maximum Gasteiger partial charge on any atom is 0.346 e. The molecule has 1 amide bonds. The zero-order valence-electron chi connectivity index (χ0n) is 15.6. The van der Waals surface area contributed by atoms with Gasteiger partial charge in [0, 0.05) is 17.5 Å². The van der Waals surface area contributed by atoms with Gasteiger partial charge in [-0.1, -0.05) is 25.1 Å². The Balaban J connectivity index is 1.47. The molecule has 2 aromatic heterocycles. The zero-order valence-corrected chi connectivity index (χ0v) is 17.3. The summed E-state index contributed by atoms with van der Waals surface area (Å²) in [7, 11) is 0. The molecule has 4 rings (SSSR count). The molecule has 1 aliphatic carbocycles. The van der Waals surface area contributed by atoms with Crippen molar-refractivity contribution in [3.05, 3.63) is 57.8 Å². The molecule has 3 aromatic rings. The van der Waals surface area contributed by atoms with E-state index in [1.165, 1.54) is 4.68 Å². The van der Waals surface area contributed by atoms with Crippen LogP contribution in [0.1, 0.15) is 36.2 Å². The van der Waals surface area contributed by atoms with Crippen LogP contribution in [0.25, 0.3) is 10.7 Å². The Morgan fingerprint density at radius 1 is 1.29 bits per heavy atom. The lowest BCUT2D eigenvalue weighted by molar-refractivity contribution is 0.0949. The van der Waals surface area contributed by atoms with Gasteiger partial charge in [0.1, 0.15) is 0 Å². The molecular formula is C20H22N4O2S2. The maximum absolute atomic E-state index is 12.8. The lowest BCUT2D eigenvalue weighted by Gasteiger charge is -2.09. The minimum absolute atomic E-state index is 0.0953. The highest BCUT2D eigenvalue weighted by atomic mass is 32.2. The lowest BCUT2D eigenvalue weighted by Crippen LogP contribution is -2.32. The number of hydrogen-bond donors (Lipinski definition) is 1. The molecular weight excluding hydrogens is 392 g/mol. The number of carbonyl (C=O) groups excluding carboxylic acids is 1. The quantitative estimate of drug-likeness (QED) is 0.571. The normalized spacial score (nSPS) is 13.6. The molecule has 0 saturated heterocycles. The van der Waals surface area contributed by atoms with Crippen molar-refractivity contribution in [1.82, 2.24) is 19.7 Å². The third-order valence-electron chi connectivity index (χ3n) is 4.56. The summed E-state index contributed by atoms with van der Waals surface area (Å²) >= 11 is 3.23. The number of benzene rings is 1. The molecule has 0 spiro atoms. The first-order valence-corrected chi connectivity index (χ1v) is 11.3. The second-order valence-corrected chi connectivity index (χ2v) is 8.85. The van der Waals surface area contributed by atoms with Crippen LogP contribution in [0.3, 0.4) is 0 Å². The van der Waals surface area contributed by atoms with Crippen molar-refractivity contribution in [2.75, 3.05) is 12.3 Å². The van der Waals surface area contributed by atoms with E-state index in [1.54, 1.807) is 27.7 Å². The van der Waals surface area contributed by atoms with Gasteiger partial charge >= 0.3 is 5.69 Å². The predicted octanol–water partition coefficient (Wildman–Crippen LogP) is 3.65. The Bertz CT molecular complexity index is 1020. The van der Waals surface area contributed by atoms with Crippen LogP contribution in [-0.2, 0) is 6.54 Å². The van der Waals surface area contributed by atoms with E-state index in [-0.39, 0.29) is 17.6 Å². The van der Waals surface area contributed by atoms with Crippen LogP contribution >= 0.6 is 23.1 Å². The molecule has 0 unspecified atom stereocenters. The van der Waals surface area contributed by atoms with E-state index in [0.29, 0.717) is 18.7 Å². The summed E-state index contributed by atoms with van der Waals surface area (Å²) in [5.41, 5.74) is 0.576. The number of aromatic nitrogens is 3. The van der Waals surface area contributed by atoms with Crippen molar-refractivity contribution in [1.29, 1.82) is 0 Å². The average Bonchev–Trinajstić information content (AvgIpc) is 3.27. The molecule has 0 bridgehead atoms. The summed E-state index contributed by atoms with van der Waals surface area (Å²) in [6, 6.07) is 11.8. The molecule has 6 nitrogen and oxygen atoms in total. The predicted molar refractivity (Wildman–Crippen MR) is 113 cm³/mol. The Morgan fingerprint density at radius 2 is 2.11 bits per heavy atom. The van der Waals surface area contributed by atoms with Crippen molar-refractivity contribution in [3.63, 3.8) is 0 Å². The van der Waals surface area contributed by atoms with Crippen LogP contribution < -0.4 is 11.0 Å². The summed E-state index contributed by atoms with van der Waals surface area (Å²) in [5.74, 6) is 1.52. The van der Waals surface area contributed by atoms with Gasteiger partial charge in [0.15, 0.2) is 5.82 Å². The van der Waals surface area contributed by atoms with E-state index >= 15 is 0 Å². The number of thiophene rings is 1. The first kappa shape index (κ1) is 19.0. The number of carbonyl (C=O) groups is 1. The van der Waals surface area contributed by atoms with Gasteiger partial charge in [-0.05, 0) is 42.2 Å². The molecule has 0 atom stereocenters. The number of amides is 1. The van der Waals surface area contributed by atoms with Crippen LogP contribution in [0.5, 0.6) is 0 Å². The zero-order chi connectivity index (χ0) is 19.5. The van der Waals surface area contributed by atoms with Gasteiger partial charge in [-0.25, -0.2) is 9.48 Å². The van der Waals surface area contributed by atoms with Gasteiger partial charge in [-0.3, -0.25) is 9.36 Å². The summed E-state index contributed by atoms with van der Waals surface area (Å²) in [6.45, 7) is 2.77. The van der Waals surface area contributed by atoms with Gasteiger partial charge < -0.3 is 5.32 Å². The molecule has 1 N–H and O–H groups in total. The highest BCUT2D eigenvalue weighted by molar-refractivity contribution is 7.99. The van der Waals surface area contributed by atoms with Gasteiger partial charge in [-0.15, -0.1) is 28.2 Å². The fraction of sp³-hybridized carbons (Fsp3) is 0.350. The highest BCUT2D eigenvalue weighted by Gasteiger charge is 2.30. The number of thioether (sulfide) groups is 1. The molecule has 146 valence electrons. The fourth-order valence-electron chi connectivity index (χ4n) is 3.11. The summed E-state index contributed by atoms with van der Waals surface area (Å²) < 4.78 is 3.28. The van der Waals surface area contributed by atoms with Crippen molar-refractivity contribution in [2.24, 2.45) is 0 Å². The number of nitrogens with zero attached hydrogens (tertiary/aromatic N) is 3. The Labute approximate surface area is 171 Å². The lowest BCUT2D eigenvalue weighted by atomic mass is 10.2. The van der Waals surface area contributed by atoms with E-state index in [2.05, 4.69) is 17.3 Å². The van der Waals surface area contributed by atoms with E-state index in [4.69, 9.17) is 0 Å². The maximum atomic E-state index is 12.8. The molecule has 0 radical (unpaired) electrons. The second-order valence-electron chi connectivity index (χ2n) is 6.59. The van der Waals surface area contributed by atoms with Crippen LogP contribution in [0, 0.1) is 0 Å². The average molecular weight is 415 g/mol. The third-order valence-corrected chi connectivity index (χ3v) is 6.39. The standard InChI is InChI=1S/C20H22N4O2S2/c1-2-27-16-7-4-3-6-15(16)19(25)21-11-12-23-20(26)24(14-9-10-14)18(22-23)17-8-5-13-28-17/h3-8,13-14H,2,9-12H2,1H3,(H,21,25). The summed E-state index contributed by atoms with van der Waals surface area (Å²) in [5, 5.41) is 9.46. The van der Waals surface area contributed by atoms with E-state index in [0.717, 1.165) is 34.2 Å². The Morgan fingerprint density at radius 3 is 2.82 bits per heavy atom. The van der Waals surface area contributed by atoms with Gasteiger partial charge in [0.25, 0.3) is 5.91 Å². The molecule has 1 saturated carbocycles. The van der Waals surface area contributed by atoms with Crippen LogP contribution in [0.15, 0.2) is 51.5 Å². The minimum Gasteiger partial charge on any atom is -0.350 e. The summed E-state index contributed by atoms with van der Waals surface area (Å²) in [4.78, 5) is 27.3. The van der Waals surface area contributed by atoms with Crippen LogP contribution in [0.4, 0.5) is 0 Å². The molecule has 1 aromatic carbocycles. The topological polar surface area (TPSA) is 68.9 Å². The first-order valence-electron chi connectivity index (χ1n) is 9.42. The molecule has 0 aliphatic heterocycles. The minimum atomic E-state index is -0.121. The van der Waals surface area contributed by atoms with E-state index < -0.39 is 0 Å². The van der Waals surface area contributed by atoms with Crippen molar-refractivity contribution < 1.29 is 4.79 Å². The Kier molecular flexibility index (Phi) is 5.68. The number of nitrogens with one attached hydrogen (secondary N) is 1. The smallest absolute Gasteiger partial charge is 0.346 e. The Hall–Kier alpha value is -2.32. The second kappa shape index (κ2) is 8.36. The molecule has 2 heterocycles. The third kappa shape index (κ3) is 3.93. The van der Waals surface area contributed by atoms with Crippen molar-refractivity contribution >= 4 is 29.0 Å². The number of rotatable bonds is 8. The largest absolute Gasteiger partial charge is 0.350 e. The first-order chi connectivity index (χ1) is 13.7. The van der Waals surface area contributed by atoms with Gasteiger partial charge in [-0.2, -0.15) is 0 Å². The van der Waals surface area contributed by atoms with Crippen molar-refractivity contribution in [3.8, 4) is 10.7 Å². The molecule has 1 aliphatic rings. The molecule has 1 fully saturated rings. The van der Waals surface area contributed by atoms with E-state index in [9.17, 15) is 9.59 Å². The summed E-state index contributed by atoms with van der Waals surface area (Å²) in [6.07, 6.45) is 2.04. The molecule has 8 heteroatoms. The SMILES string of the molecule is CCSc1ccccc1C(=O)NCCn1nc(-c2cccs2)n(C2CC2)c1=O. The van der Waals surface area contributed by atoms with Gasteiger partial charge in [0.2, 0.25) is 0 Å². The number of hydrogen-bond acceptors (Lipinski definition) is 5. The highest BCUT2D eigenvalue weighted by Crippen LogP contribution is 2.37. The fourth-order valence-corrected chi connectivity index (χ4v) is 4.62. The molecule has 28 heavy (non-hydrogen) atoms. The monoisotopic (exact) mass is 414 g/mol. The van der Waals surface area contributed by atoms with Crippen LogP contribution in [0.2, 0.25) is 0 Å².